The number of hydrogen-bond donors (Lipinski definition) is 2. The summed E-state index contributed by atoms with van der Waals surface area (Å²) in [5.74, 6) is 0. The number of benzene rings is 1. The van der Waals surface area contributed by atoms with E-state index in [0.717, 1.165) is 31.9 Å². The molecule has 22 heavy (non-hydrogen) atoms. The zero-order valence-corrected chi connectivity index (χ0v) is 13.2. The Morgan fingerprint density at radius 2 is 2.05 bits per heavy atom. The van der Waals surface area contributed by atoms with Gasteiger partial charge in [0.2, 0.25) is 0 Å². The van der Waals surface area contributed by atoms with Crippen molar-refractivity contribution in [3.05, 3.63) is 52.3 Å². The first-order chi connectivity index (χ1) is 10.6. The van der Waals surface area contributed by atoms with Crippen LogP contribution in [-0.2, 0) is 19.6 Å². The van der Waals surface area contributed by atoms with Crippen molar-refractivity contribution in [1.29, 1.82) is 0 Å². The maximum Gasteiger partial charge on any atom is 0.121 e. The third kappa shape index (κ3) is 3.06. The molecule has 0 amide bonds. The third-order valence-electron chi connectivity index (χ3n) is 4.30. The molecule has 1 aromatic heterocycles. The van der Waals surface area contributed by atoms with Crippen molar-refractivity contribution in [2.75, 3.05) is 13.2 Å². The molecule has 0 aliphatic carbocycles. The summed E-state index contributed by atoms with van der Waals surface area (Å²) in [5, 5.41) is 23.1. The second-order valence-corrected chi connectivity index (χ2v) is 6.12. The van der Waals surface area contributed by atoms with Crippen LogP contribution in [0, 0.1) is 13.8 Å². The normalized spacial score (nSPS) is 16.5. The molecule has 0 fully saturated rings. The zero-order valence-electron chi connectivity index (χ0n) is 13.2. The monoisotopic (exact) mass is 301 g/mol. The van der Waals surface area contributed by atoms with Crippen molar-refractivity contribution in [2.45, 2.75) is 39.6 Å². The van der Waals surface area contributed by atoms with Gasteiger partial charge in [-0.1, -0.05) is 23.8 Å². The van der Waals surface area contributed by atoms with Gasteiger partial charge in [0.05, 0.1) is 24.5 Å². The van der Waals surface area contributed by atoms with Crippen LogP contribution in [0.15, 0.2) is 24.3 Å². The standard InChI is InChI=1S/C17H23N3O2/c1-12-3-4-14(13(2)7-12)9-19-5-6-20-15(10-19)8-16(18-20)17(22)11-21/h3-4,7-8,17,21-22H,5-6,9-11H2,1-2H3/t17-/m0/s1. The average molecular weight is 301 g/mol. The second kappa shape index (κ2) is 6.20. The number of rotatable bonds is 4. The van der Waals surface area contributed by atoms with Crippen LogP contribution in [-0.4, -0.2) is 38.0 Å². The van der Waals surface area contributed by atoms with E-state index in [1.165, 1.54) is 16.7 Å². The van der Waals surface area contributed by atoms with Crippen LogP contribution in [0.1, 0.15) is 34.2 Å². The van der Waals surface area contributed by atoms with Crippen LogP contribution < -0.4 is 0 Å². The van der Waals surface area contributed by atoms with Crippen LogP contribution in [0.5, 0.6) is 0 Å². The smallest absolute Gasteiger partial charge is 0.121 e. The van der Waals surface area contributed by atoms with Crippen molar-refractivity contribution in [1.82, 2.24) is 14.7 Å². The van der Waals surface area contributed by atoms with E-state index < -0.39 is 6.10 Å². The summed E-state index contributed by atoms with van der Waals surface area (Å²) in [4.78, 5) is 2.39. The molecular weight excluding hydrogens is 278 g/mol. The fourth-order valence-electron chi connectivity index (χ4n) is 3.00. The Bertz CT molecular complexity index is 666. The molecule has 2 heterocycles. The Hall–Kier alpha value is -1.69. The largest absolute Gasteiger partial charge is 0.393 e. The second-order valence-electron chi connectivity index (χ2n) is 6.12. The van der Waals surface area contributed by atoms with Crippen molar-refractivity contribution >= 4 is 0 Å². The minimum atomic E-state index is -0.883. The highest BCUT2D eigenvalue weighted by molar-refractivity contribution is 5.30. The quantitative estimate of drug-likeness (QED) is 0.899. The van der Waals surface area contributed by atoms with Gasteiger partial charge >= 0.3 is 0 Å². The lowest BCUT2D eigenvalue weighted by molar-refractivity contribution is 0.0915. The zero-order chi connectivity index (χ0) is 15.7. The van der Waals surface area contributed by atoms with Crippen molar-refractivity contribution in [2.24, 2.45) is 0 Å². The van der Waals surface area contributed by atoms with Gasteiger partial charge in [-0.25, -0.2) is 0 Å². The van der Waals surface area contributed by atoms with Gasteiger partial charge in [0, 0.05) is 19.6 Å². The Morgan fingerprint density at radius 1 is 1.23 bits per heavy atom. The van der Waals surface area contributed by atoms with Crippen LogP contribution in [0.2, 0.25) is 0 Å². The van der Waals surface area contributed by atoms with E-state index in [1.807, 2.05) is 10.7 Å². The van der Waals surface area contributed by atoms with Gasteiger partial charge in [0.25, 0.3) is 0 Å². The number of nitrogens with zero attached hydrogens (tertiary/aromatic N) is 3. The predicted molar refractivity (Wildman–Crippen MR) is 84.3 cm³/mol. The molecule has 2 aromatic rings. The summed E-state index contributed by atoms with van der Waals surface area (Å²) in [7, 11) is 0. The Balaban J connectivity index is 1.72. The topological polar surface area (TPSA) is 61.5 Å². The predicted octanol–water partition coefficient (Wildman–Crippen LogP) is 1.54. The van der Waals surface area contributed by atoms with E-state index in [0.29, 0.717) is 5.69 Å². The number of aryl methyl sites for hydroxylation is 2. The molecule has 5 heteroatoms. The number of aliphatic hydroxyl groups excluding tert-OH is 2. The molecule has 1 aromatic carbocycles. The molecule has 5 nitrogen and oxygen atoms in total. The van der Waals surface area contributed by atoms with Gasteiger partial charge < -0.3 is 10.2 Å². The third-order valence-corrected chi connectivity index (χ3v) is 4.30. The first kappa shape index (κ1) is 15.2. The Kier molecular flexibility index (Phi) is 4.29. The van der Waals surface area contributed by atoms with Gasteiger partial charge in [-0.3, -0.25) is 9.58 Å². The van der Waals surface area contributed by atoms with Gasteiger partial charge in [0.15, 0.2) is 0 Å². The van der Waals surface area contributed by atoms with E-state index >= 15 is 0 Å². The summed E-state index contributed by atoms with van der Waals surface area (Å²) in [6, 6.07) is 8.48. The molecule has 2 N–H and O–H groups in total. The van der Waals surface area contributed by atoms with E-state index in [2.05, 4.69) is 42.0 Å². The van der Waals surface area contributed by atoms with E-state index in [1.54, 1.807) is 0 Å². The molecule has 0 bridgehead atoms. The van der Waals surface area contributed by atoms with Crippen molar-refractivity contribution < 1.29 is 10.2 Å². The first-order valence-corrected chi connectivity index (χ1v) is 7.71. The number of aromatic nitrogens is 2. The lowest BCUT2D eigenvalue weighted by atomic mass is 10.0. The molecule has 1 aliphatic heterocycles. The van der Waals surface area contributed by atoms with Crippen LogP contribution in [0.25, 0.3) is 0 Å². The van der Waals surface area contributed by atoms with Gasteiger partial charge in [-0.05, 0) is 31.0 Å². The fourth-order valence-corrected chi connectivity index (χ4v) is 3.00. The molecule has 0 unspecified atom stereocenters. The molecule has 118 valence electrons. The maximum absolute atomic E-state index is 9.70. The van der Waals surface area contributed by atoms with Gasteiger partial charge in [-0.15, -0.1) is 0 Å². The number of hydrogen-bond acceptors (Lipinski definition) is 4. The highest BCUT2D eigenvalue weighted by Crippen LogP contribution is 2.20. The minimum absolute atomic E-state index is 0.289. The average Bonchev–Trinajstić information content (AvgIpc) is 2.92. The van der Waals surface area contributed by atoms with E-state index in [9.17, 15) is 5.11 Å². The van der Waals surface area contributed by atoms with Gasteiger partial charge in [-0.2, -0.15) is 5.10 Å². The minimum Gasteiger partial charge on any atom is -0.393 e. The molecular formula is C17H23N3O2. The van der Waals surface area contributed by atoms with Crippen LogP contribution in [0.4, 0.5) is 0 Å². The van der Waals surface area contributed by atoms with E-state index in [4.69, 9.17) is 5.11 Å². The number of fused-ring (bicyclic) bond motifs is 1. The van der Waals surface area contributed by atoms with Crippen molar-refractivity contribution in [3.63, 3.8) is 0 Å². The summed E-state index contributed by atoms with van der Waals surface area (Å²) in [6.45, 7) is 7.49. The van der Waals surface area contributed by atoms with Crippen LogP contribution in [0.3, 0.4) is 0 Å². The van der Waals surface area contributed by atoms with E-state index in [-0.39, 0.29) is 6.61 Å². The first-order valence-electron chi connectivity index (χ1n) is 7.71. The number of aliphatic hydroxyl groups is 2. The summed E-state index contributed by atoms with van der Waals surface area (Å²) < 4.78 is 1.94. The summed E-state index contributed by atoms with van der Waals surface area (Å²) in [5.41, 5.74) is 5.63. The Labute approximate surface area is 130 Å². The molecule has 0 saturated carbocycles. The molecule has 0 radical (unpaired) electrons. The highest BCUT2D eigenvalue weighted by Gasteiger charge is 2.21. The SMILES string of the molecule is Cc1ccc(CN2CCn3nc([C@@H](O)CO)cc3C2)c(C)c1. The highest BCUT2D eigenvalue weighted by atomic mass is 16.3. The molecule has 1 aliphatic rings. The molecule has 0 spiro atoms. The van der Waals surface area contributed by atoms with Crippen molar-refractivity contribution in [3.8, 4) is 0 Å². The Morgan fingerprint density at radius 3 is 2.77 bits per heavy atom. The fraction of sp³-hybridized carbons (Fsp3) is 0.471. The van der Waals surface area contributed by atoms with Gasteiger partial charge in [0.1, 0.15) is 6.10 Å². The summed E-state index contributed by atoms with van der Waals surface area (Å²) in [6.07, 6.45) is -0.883. The summed E-state index contributed by atoms with van der Waals surface area (Å²) >= 11 is 0. The lowest BCUT2D eigenvalue weighted by Gasteiger charge is -2.28. The molecule has 0 saturated heterocycles. The molecule has 3 rings (SSSR count). The maximum atomic E-state index is 9.70. The van der Waals surface area contributed by atoms with Crippen LogP contribution >= 0.6 is 0 Å². The molecule has 1 atom stereocenters. The lowest BCUT2D eigenvalue weighted by Crippen LogP contribution is -2.33.